The lowest BCUT2D eigenvalue weighted by Gasteiger charge is -1.95. The second kappa shape index (κ2) is 3.25. The molecular weight excluding hydrogens is 201 g/mol. The van der Waals surface area contributed by atoms with Crippen molar-refractivity contribution in [2.24, 2.45) is 5.41 Å². The van der Waals surface area contributed by atoms with Crippen molar-refractivity contribution in [3.8, 4) is 11.8 Å². The highest BCUT2D eigenvalue weighted by molar-refractivity contribution is 6.29. The Kier molecular flexibility index (Phi) is 2.20. The van der Waals surface area contributed by atoms with E-state index in [1.54, 1.807) is 0 Å². The van der Waals surface area contributed by atoms with Crippen LogP contribution in [0.25, 0.3) is 0 Å². The third-order valence-corrected chi connectivity index (χ3v) is 2.53. The number of hydrogen-bond acceptors (Lipinski definition) is 1. The molecule has 1 fully saturated rings. The Balaban J connectivity index is 2.27. The summed E-state index contributed by atoms with van der Waals surface area (Å²) in [6.07, 6.45) is 3.57. The van der Waals surface area contributed by atoms with Crippen molar-refractivity contribution < 1.29 is 4.39 Å². The summed E-state index contributed by atoms with van der Waals surface area (Å²) in [6.45, 7) is 2.07. The molecule has 3 heteroatoms. The lowest BCUT2D eigenvalue weighted by molar-refractivity contribution is 0.622. The summed E-state index contributed by atoms with van der Waals surface area (Å²) in [4.78, 5) is 3.78. The average molecular weight is 210 g/mol. The number of halogens is 2. The van der Waals surface area contributed by atoms with Gasteiger partial charge in [-0.05, 0) is 19.8 Å². The van der Waals surface area contributed by atoms with Crippen LogP contribution in [-0.4, -0.2) is 4.98 Å². The molecular formula is C11H9ClFN. The van der Waals surface area contributed by atoms with Gasteiger partial charge in [0.05, 0.1) is 5.56 Å². The second-order valence-electron chi connectivity index (χ2n) is 3.80. The van der Waals surface area contributed by atoms with Gasteiger partial charge in [0.2, 0.25) is 0 Å². The summed E-state index contributed by atoms with van der Waals surface area (Å²) >= 11 is 5.52. The SMILES string of the molecule is CC1(C#Cc2cnc(Cl)cc2F)CC1. The fourth-order valence-corrected chi connectivity index (χ4v) is 1.17. The van der Waals surface area contributed by atoms with Gasteiger partial charge in [0.1, 0.15) is 11.0 Å². The first kappa shape index (κ1) is 9.48. The van der Waals surface area contributed by atoms with Crippen LogP contribution in [0, 0.1) is 23.1 Å². The van der Waals surface area contributed by atoms with Crippen molar-refractivity contribution in [3.63, 3.8) is 0 Å². The minimum Gasteiger partial charge on any atom is -0.243 e. The van der Waals surface area contributed by atoms with Crippen molar-refractivity contribution in [1.82, 2.24) is 4.98 Å². The summed E-state index contributed by atoms with van der Waals surface area (Å²) in [5.41, 5.74) is 0.425. The van der Waals surface area contributed by atoms with E-state index in [4.69, 9.17) is 11.6 Å². The molecule has 2 rings (SSSR count). The normalized spacial score (nSPS) is 17.1. The first-order valence-electron chi connectivity index (χ1n) is 4.43. The molecule has 0 aromatic carbocycles. The first-order valence-corrected chi connectivity index (χ1v) is 4.81. The molecule has 1 nitrogen and oxygen atoms in total. The smallest absolute Gasteiger partial charge is 0.143 e. The van der Waals surface area contributed by atoms with Crippen molar-refractivity contribution in [3.05, 3.63) is 28.8 Å². The molecule has 1 aromatic rings. The highest BCUT2D eigenvalue weighted by Crippen LogP contribution is 2.44. The van der Waals surface area contributed by atoms with Crippen molar-refractivity contribution in [2.45, 2.75) is 19.8 Å². The zero-order valence-corrected chi connectivity index (χ0v) is 8.53. The van der Waals surface area contributed by atoms with Gasteiger partial charge in [-0.25, -0.2) is 9.37 Å². The zero-order valence-electron chi connectivity index (χ0n) is 7.77. The van der Waals surface area contributed by atoms with Crippen LogP contribution in [0.2, 0.25) is 5.15 Å². The van der Waals surface area contributed by atoms with Crippen LogP contribution in [0.5, 0.6) is 0 Å². The molecule has 0 saturated heterocycles. The summed E-state index contributed by atoms with van der Waals surface area (Å²) in [5, 5.41) is 0.158. The van der Waals surface area contributed by atoms with Gasteiger partial charge in [-0.15, -0.1) is 0 Å². The number of aromatic nitrogens is 1. The molecule has 1 aliphatic rings. The molecule has 72 valence electrons. The second-order valence-corrected chi connectivity index (χ2v) is 4.18. The van der Waals surface area contributed by atoms with Crippen LogP contribution in [0.15, 0.2) is 12.3 Å². The Hall–Kier alpha value is -1.07. The minimum absolute atomic E-state index is 0.103. The third-order valence-electron chi connectivity index (χ3n) is 2.32. The van der Waals surface area contributed by atoms with E-state index in [2.05, 4.69) is 23.7 Å². The van der Waals surface area contributed by atoms with E-state index in [1.165, 1.54) is 12.3 Å². The largest absolute Gasteiger partial charge is 0.243 e. The fourth-order valence-electron chi connectivity index (χ4n) is 1.03. The van der Waals surface area contributed by atoms with Crippen LogP contribution >= 0.6 is 11.6 Å². The maximum atomic E-state index is 13.2. The van der Waals surface area contributed by atoms with Crippen LogP contribution in [0.1, 0.15) is 25.3 Å². The van der Waals surface area contributed by atoms with E-state index in [-0.39, 0.29) is 10.6 Å². The van der Waals surface area contributed by atoms with Gasteiger partial charge in [-0.2, -0.15) is 0 Å². The summed E-state index contributed by atoms with van der Waals surface area (Å²) < 4.78 is 13.2. The summed E-state index contributed by atoms with van der Waals surface area (Å²) in [6, 6.07) is 1.18. The number of nitrogens with zero attached hydrogens (tertiary/aromatic N) is 1. The van der Waals surface area contributed by atoms with Crippen molar-refractivity contribution in [2.75, 3.05) is 0 Å². The predicted molar refractivity (Wildman–Crippen MR) is 53.4 cm³/mol. The van der Waals surface area contributed by atoms with Crippen molar-refractivity contribution >= 4 is 11.6 Å². The molecule has 0 unspecified atom stereocenters. The monoisotopic (exact) mass is 209 g/mol. The third kappa shape index (κ3) is 2.05. The average Bonchev–Trinajstić information content (AvgIpc) is 2.83. The Morgan fingerprint density at radius 2 is 2.29 bits per heavy atom. The molecule has 1 saturated carbocycles. The lowest BCUT2D eigenvalue weighted by atomic mass is 10.1. The molecule has 1 aromatic heterocycles. The lowest BCUT2D eigenvalue weighted by Crippen LogP contribution is -1.89. The molecule has 0 amide bonds. The van der Waals surface area contributed by atoms with E-state index < -0.39 is 5.82 Å². The van der Waals surface area contributed by atoms with Gasteiger partial charge in [-0.3, -0.25) is 0 Å². The van der Waals surface area contributed by atoms with Gasteiger partial charge < -0.3 is 0 Å². The van der Waals surface area contributed by atoms with Gasteiger partial charge in [-0.1, -0.05) is 23.4 Å². The number of rotatable bonds is 0. The fraction of sp³-hybridized carbons (Fsp3) is 0.364. The van der Waals surface area contributed by atoms with Gasteiger partial charge in [0.15, 0.2) is 0 Å². The molecule has 0 N–H and O–H groups in total. The molecule has 0 radical (unpaired) electrons. The van der Waals surface area contributed by atoms with E-state index in [0.717, 1.165) is 12.8 Å². The maximum absolute atomic E-state index is 13.2. The number of hydrogen-bond donors (Lipinski definition) is 0. The molecule has 1 heterocycles. The maximum Gasteiger partial charge on any atom is 0.143 e. The minimum atomic E-state index is -0.401. The van der Waals surface area contributed by atoms with Gasteiger partial charge >= 0.3 is 0 Å². The topological polar surface area (TPSA) is 12.9 Å². The molecule has 0 atom stereocenters. The molecule has 0 aliphatic heterocycles. The van der Waals surface area contributed by atoms with E-state index in [1.807, 2.05) is 0 Å². The summed E-state index contributed by atoms with van der Waals surface area (Å²) in [5.74, 6) is 5.43. The molecule has 14 heavy (non-hydrogen) atoms. The molecule has 0 bridgehead atoms. The molecule has 0 spiro atoms. The zero-order chi connectivity index (χ0) is 10.2. The van der Waals surface area contributed by atoms with E-state index in [9.17, 15) is 4.39 Å². The first-order chi connectivity index (χ1) is 6.59. The van der Waals surface area contributed by atoms with E-state index in [0.29, 0.717) is 5.56 Å². The quantitative estimate of drug-likeness (QED) is 0.473. The Labute approximate surface area is 87.3 Å². The summed E-state index contributed by atoms with van der Waals surface area (Å²) in [7, 11) is 0. The van der Waals surface area contributed by atoms with Crippen LogP contribution in [0.3, 0.4) is 0 Å². The van der Waals surface area contributed by atoms with Crippen LogP contribution < -0.4 is 0 Å². The van der Waals surface area contributed by atoms with Crippen LogP contribution in [0.4, 0.5) is 4.39 Å². The Morgan fingerprint density at radius 3 is 2.86 bits per heavy atom. The van der Waals surface area contributed by atoms with Crippen LogP contribution in [-0.2, 0) is 0 Å². The Morgan fingerprint density at radius 1 is 1.57 bits per heavy atom. The highest BCUT2D eigenvalue weighted by Gasteiger charge is 2.35. The Bertz CT molecular complexity index is 427. The number of pyridine rings is 1. The highest BCUT2D eigenvalue weighted by atomic mass is 35.5. The van der Waals surface area contributed by atoms with Gasteiger partial charge in [0.25, 0.3) is 0 Å². The van der Waals surface area contributed by atoms with Gasteiger partial charge in [0, 0.05) is 17.7 Å². The molecule has 1 aliphatic carbocycles. The van der Waals surface area contributed by atoms with E-state index >= 15 is 0 Å². The predicted octanol–water partition coefficient (Wildman–Crippen LogP) is 3.03. The standard InChI is InChI=1S/C11H9ClFN/c1-11(4-5-11)3-2-8-7-14-10(12)6-9(8)13/h6-7H,4-5H2,1H3. The van der Waals surface area contributed by atoms with Crippen molar-refractivity contribution in [1.29, 1.82) is 0 Å².